The van der Waals surface area contributed by atoms with Crippen LogP contribution in [0.25, 0.3) is 16.6 Å². The van der Waals surface area contributed by atoms with E-state index in [1.165, 1.54) is 32.9 Å². The molecule has 1 N–H and O–H groups in total. The van der Waals surface area contributed by atoms with Crippen LogP contribution >= 0.6 is 0 Å². The highest BCUT2D eigenvalue weighted by molar-refractivity contribution is 5.86. The number of aliphatic carboxylic acids is 1. The van der Waals surface area contributed by atoms with Crippen molar-refractivity contribution in [1.29, 1.82) is 0 Å². The van der Waals surface area contributed by atoms with Crippen LogP contribution in [0.4, 0.5) is 13.2 Å². The molecule has 0 bridgehead atoms. The van der Waals surface area contributed by atoms with E-state index in [4.69, 9.17) is 9.47 Å². The van der Waals surface area contributed by atoms with Gasteiger partial charge >= 0.3 is 12.1 Å². The first kappa shape index (κ1) is 28.0. The first-order valence-corrected chi connectivity index (χ1v) is 13.1. The zero-order valence-electron chi connectivity index (χ0n) is 22.7. The zero-order chi connectivity index (χ0) is 29.4. The molecule has 1 aliphatic rings. The van der Waals surface area contributed by atoms with Gasteiger partial charge in [0.2, 0.25) is 0 Å². The van der Waals surface area contributed by atoms with Crippen LogP contribution in [-0.2, 0) is 4.79 Å². The average Bonchev–Trinajstić information content (AvgIpc) is 3.37. The topological polar surface area (TPSA) is 73.6 Å². The summed E-state index contributed by atoms with van der Waals surface area (Å²) < 4.78 is 54.3. The highest BCUT2D eigenvalue weighted by Gasteiger charge is 2.49. The van der Waals surface area contributed by atoms with E-state index in [0.717, 1.165) is 22.0 Å². The Balaban J connectivity index is 1.48. The maximum atomic E-state index is 13.5. The highest BCUT2D eigenvalue weighted by Crippen LogP contribution is 2.45. The van der Waals surface area contributed by atoms with Crippen molar-refractivity contribution in [2.45, 2.75) is 45.1 Å². The quantitative estimate of drug-likeness (QED) is 0.237. The smallest absolute Gasteiger partial charge is 0.397 e. The van der Waals surface area contributed by atoms with Gasteiger partial charge in [0.05, 0.1) is 22.8 Å². The van der Waals surface area contributed by atoms with E-state index < -0.39 is 29.3 Å². The second-order valence-electron chi connectivity index (χ2n) is 10.7. The molecule has 0 spiro atoms. The third-order valence-electron chi connectivity index (χ3n) is 7.25. The fourth-order valence-electron chi connectivity index (χ4n) is 4.60. The van der Waals surface area contributed by atoms with Crippen LogP contribution in [0.15, 0.2) is 97.2 Å². The molecular formula is C32H29F3N2O4. The molecule has 4 aromatic rings. The molecule has 5 rings (SSSR count). The molecule has 0 saturated carbocycles. The van der Waals surface area contributed by atoms with Crippen molar-refractivity contribution in [1.82, 2.24) is 9.78 Å². The summed E-state index contributed by atoms with van der Waals surface area (Å²) >= 11 is 0. The Labute approximate surface area is 235 Å². The number of carboxylic acids is 1. The van der Waals surface area contributed by atoms with Crippen LogP contribution in [0.3, 0.4) is 0 Å². The monoisotopic (exact) mass is 562 g/mol. The average molecular weight is 563 g/mol. The molecule has 0 fully saturated rings. The Hall–Kier alpha value is -4.53. The molecule has 2 atom stereocenters. The van der Waals surface area contributed by atoms with Crippen molar-refractivity contribution in [2.75, 3.05) is 0 Å². The minimum absolute atomic E-state index is 0.178. The Kier molecular flexibility index (Phi) is 7.15. The summed E-state index contributed by atoms with van der Waals surface area (Å²) in [6.07, 6.45) is 0.861. The van der Waals surface area contributed by atoms with Crippen molar-refractivity contribution in [3.05, 3.63) is 108 Å². The van der Waals surface area contributed by atoms with Crippen LogP contribution in [0, 0.1) is 5.41 Å². The molecule has 9 heteroatoms. The fourth-order valence-corrected chi connectivity index (χ4v) is 4.60. The third kappa shape index (κ3) is 5.57. The van der Waals surface area contributed by atoms with Gasteiger partial charge in [0.25, 0.3) is 0 Å². The van der Waals surface area contributed by atoms with Crippen LogP contribution in [0.2, 0.25) is 0 Å². The first-order valence-electron chi connectivity index (χ1n) is 13.1. The molecular weight excluding hydrogens is 533 g/mol. The van der Waals surface area contributed by atoms with Crippen molar-refractivity contribution >= 4 is 22.6 Å². The van der Waals surface area contributed by atoms with E-state index >= 15 is 0 Å². The van der Waals surface area contributed by atoms with Gasteiger partial charge < -0.3 is 14.6 Å². The number of alkyl halides is 3. The predicted molar refractivity (Wildman–Crippen MR) is 150 cm³/mol. The maximum absolute atomic E-state index is 13.5. The number of carbonyl (C=O) groups is 1. The fraction of sp³-hybridized carbons (Fsp3) is 0.250. The lowest BCUT2D eigenvalue weighted by atomic mass is 9.82. The number of hydrogen-bond acceptors (Lipinski definition) is 4. The Morgan fingerprint density at radius 3 is 2.29 bits per heavy atom. The summed E-state index contributed by atoms with van der Waals surface area (Å²) in [5, 5.41) is 14.7. The number of benzene rings is 3. The summed E-state index contributed by atoms with van der Waals surface area (Å²) in [7, 11) is 0. The Morgan fingerprint density at radius 2 is 1.68 bits per heavy atom. The summed E-state index contributed by atoms with van der Waals surface area (Å²) in [5.74, 6) is -0.155. The molecule has 6 nitrogen and oxygen atoms in total. The minimum Gasteiger partial charge on any atom is -0.481 e. The summed E-state index contributed by atoms with van der Waals surface area (Å²) in [4.78, 5) is 11.4. The molecule has 0 amide bonds. The largest absolute Gasteiger partial charge is 0.481 e. The molecule has 0 saturated heterocycles. The van der Waals surface area contributed by atoms with E-state index in [2.05, 4.69) is 5.10 Å². The Bertz CT molecular complexity index is 1620. The van der Waals surface area contributed by atoms with Gasteiger partial charge in [0, 0.05) is 10.9 Å². The number of allylic oxidation sites excluding steroid dienone is 4. The molecule has 2 unspecified atom stereocenters. The highest BCUT2D eigenvalue weighted by atomic mass is 19.4. The minimum atomic E-state index is -4.35. The van der Waals surface area contributed by atoms with Crippen molar-refractivity contribution < 1.29 is 32.5 Å². The summed E-state index contributed by atoms with van der Waals surface area (Å²) in [6, 6.07) is 22.0. The second kappa shape index (κ2) is 10.5. The molecule has 0 radical (unpaired) electrons. The number of nitrogens with zero attached hydrogens (tertiary/aromatic N) is 2. The van der Waals surface area contributed by atoms with E-state index in [-0.39, 0.29) is 6.42 Å². The van der Waals surface area contributed by atoms with Crippen LogP contribution in [0.5, 0.6) is 11.5 Å². The molecule has 1 aliphatic carbocycles. The van der Waals surface area contributed by atoms with Gasteiger partial charge in [-0.15, -0.1) is 0 Å². The van der Waals surface area contributed by atoms with Gasteiger partial charge in [-0.1, -0.05) is 54.6 Å². The molecule has 212 valence electrons. The van der Waals surface area contributed by atoms with E-state index in [9.17, 15) is 23.1 Å². The van der Waals surface area contributed by atoms with Crippen LogP contribution < -0.4 is 9.47 Å². The summed E-state index contributed by atoms with van der Waals surface area (Å²) in [5.41, 5.74) is -0.292. The van der Waals surface area contributed by atoms with Crippen molar-refractivity contribution in [3.8, 4) is 11.5 Å². The number of ether oxygens (including phenoxy) is 2. The molecule has 3 aromatic carbocycles. The van der Waals surface area contributed by atoms with E-state index in [0.29, 0.717) is 17.2 Å². The number of hydrogen-bond donors (Lipinski definition) is 1. The van der Waals surface area contributed by atoms with Crippen molar-refractivity contribution in [2.24, 2.45) is 5.41 Å². The maximum Gasteiger partial charge on any atom is 0.397 e. The van der Waals surface area contributed by atoms with Gasteiger partial charge in [-0.3, -0.25) is 0 Å². The lowest BCUT2D eigenvalue weighted by Crippen LogP contribution is -2.37. The lowest BCUT2D eigenvalue weighted by Gasteiger charge is -2.30. The van der Waals surface area contributed by atoms with Gasteiger partial charge in [0.1, 0.15) is 17.6 Å². The van der Waals surface area contributed by atoms with Crippen molar-refractivity contribution in [3.63, 3.8) is 0 Å². The van der Waals surface area contributed by atoms with Gasteiger partial charge in [-0.05, 0) is 69.2 Å². The van der Waals surface area contributed by atoms with Gasteiger partial charge in [-0.25, -0.2) is 9.48 Å². The lowest BCUT2D eigenvalue weighted by molar-refractivity contribution is -0.199. The third-order valence-corrected chi connectivity index (χ3v) is 7.25. The molecule has 41 heavy (non-hydrogen) atoms. The Morgan fingerprint density at radius 1 is 1.00 bits per heavy atom. The summed E-state index contributed by atoms with van der Waals surface area (Å²) in [6.45, 7) is 4.13. The van der Waals surface area contributed by atoms with E-state index in [1.54, 1.807) is 41.2 Å². The van der Waals surface area contributed by atoms with Crippen LogP contribution in [-0.4, -0.2) is 32.6 Å². The van der Waals surface area contributed by atoms with Crippen LogP contribution in [0.1, 0.15) is 44.4 Å². The standard InChI is InChI=1S/C32H29F3N2O4/c1-30(2,29(38)39)41-24-14-12-23(13-15-24)40-28(21-8-5-4-6-9-21)25-10-7-11-27-26(25)20-36-37(27)22-16-18-31(3,19-17-22)32(33,34)35/h4-18,20,28H,19H2,1-3H3,(H,38,39). The van der Waals surface area contributed by atoms with E-state index in [1.807, 2.05) is 48.5 Å². The normalized spacial score (nSPS) is 18.1. The van der Waals surface area contributed by atoms with Gasteiger partial charge in [0.15, 0.2) is 5.60 Å². The molecule has 1 heterocycles. The van der Waals surface area contributed by atoms with Gasteiger partial charge in [-0.2, -0.15) is 18.3 Å². The number of carboxylic acid groups (broad SMARTS) is 1. The number of aromatic nitrogens is 2. The molecule has 0 aliphatic heterocycles. The second-order valence-corrected chi connectivity index (χ2v) is 10.7. The predicted octanol–water partition coefficient (Wildman–Crippen LogP) is 7.82. The first-order chi connectivity index (χ1) is 19.4. The number of rotatable bonds is 8. The zero-order valence-corrected chi connectivity index (χ0v) is 22.7. The SMILES string of the molecule is CC(C)(Oc1ccc(OC(c2ccccc2)c2cccc3c2cnn3C2=CCC(C)(C(F)(F)F)C=C2)cc1)C(=O)O. The molecule has 1 aromatic heterocycles. The number of halogens is 3. The number of fused-ring (bicyclic) bond motifs is 1.